The van der Waals surface area contributed by atoms with E-state index in [0.717, 1.165) is 32.6 Å². The molecular weight excluding hydrogens is 230 g/mol. The maximum absolute atomic E-state index is 5.58. The quantitative estimate of drug-likeness (QED) is 0.823. The molecule has 1 aliphatic heterocycles. The van der Waals surface area contributed by atoms with Crippen LogP contribution in [0.15, 0.2) is 4.42 Å². The molecule has 1 N–H and O–H groups in total. The smallest absolute Gasteiger partial charge is 0.315 e. The van der Waals surface area contributed by atoms with Crippen molar-refractivity contribution in [3.8, 4) is 0 Å². The Morgan fingerprint density at radius 2 is 2.12 bits per heavy atom. The van der Waals surface area contributed by atoms with E-state index < -0.39 is 0 Å². The lowest BCUT2D eigenvalue weighted by atomic mass is 9.82. The van der Waals surface area contributed by atoms with Crippen LogP contribution in [0.5, 0.6) is 0 Å². The molecule has 0 atom stereocenters. The van der Waals surface area contributed by atoms with Crippen molar-refractivity contribution < 1.29 is 9.15 Å². The van der Waals surface area contributed by atoms with Crippen LogP contribution in [-0.2, 0) is 10.6 Å². The molecule has 90 valence electrons. The van der Waals surface area contributed by atoms with Gasteiger partial charge in [-0.3, -0.25) is 0 Å². The Hall–Kier alpha value is -0.810. The van der Waals surface area contributed by atoms with Crippen molar-refractivity contribution in [1.29, 1.82) is 0 Å². The second-order valence-corrected chi connectivity index (χ2v) is 4.68. The van der Waals surface area contributed by atoms with E-state index in [9.17, 15) is 0 Å². The van der Waals surface area contributed by atoms with E-state index in [1.807, 2.05) is 0 Å². The number of aromatic nitrogens is 2. The molecule has 0 unspecified atom stereocenters. The summed E-state index contributed by atoms with van der Waals surface area (Å²) in [6, 6.07) is 0.448. The van der Waals surface area contributed by atoms with Gasteiger partial charge in [0.1, 0.15) is 5.88 Å². The fourth-order valence-electron chi connectivity index (χ4n) is 1.71. The zero-order chi connectivity index (χ0) is 11.4. The van der Waals surface area contributed by atoms with Gasteiger partial charge < -0.3 is 14.5 Å². The van der Waals surface area contributed by atoms with Gasteiger partial charge in [-0.25, -0.2) is 0 Å². The fraction of sp³-hybridized carbons (Fsp3) is 0.800. The Morgan fingerprint density at radius 1 is 1.38 bits per heavy atom. The van der Waals surface area contributed by atoms with E-state index in [0.29, 0.717) is 11.9 Å². The van der Waals surface area contributed by atoms with Crippen molar-refractivity contribution in [2.75, 3.05) is 25.1 Å². The van der Waals surface area contributed by atoms with Crippen LogP contribution in [0.1, 0.15) is 25.7 Å². The van der Waals surface area contributed by atoms with Gasteiger partial charge in [0, 0.05) is 19.8 Å². The minimum atomic E-state index is 0.244. The number of nitrogens with one attached hydrogen (secondary N) is 1. The molecule has 2 rings (SSSR count). The van der Waals surface area contributed by atoms with Crippen molar-refractivity contribution in [3.05, 3.63) is 5.89 Å². The molecule has 0 bridgehead atoms. The Kier molecular flexibility index (Phi) is 3.66. The monoisotopic (exact) mass is 245 g/mol. The first-order valence-corrected chi connectivity index (χ1v) is 5.95. The molecule has 1 aliphatic rings. The third-order valence-corrected chi connectivity index (χ3v) is 3.18. The van der Waals surface area contributed by atoms with Gasteiger partial charge >= 0.3 is 6.01 Å². The number of hydrogen-bond acceptors (Lipinski definition) is 5. The van der Waals surface area contributed by atoms with E-state index in [-0.39, 0.29) is 11.3 Å². The highest BCUT2D eigenvalue weighted by molar-refractivity contribution is 6.16. The first-order valence-electron chi connectivity index (χ1n) is 5.42. The molecule has 6 heteroatoms. The number of halogens is 1. The molecular formula is C10H16ClN3O2. The number of alkyl halides is 1. The average Bonchev–Trinajstić information content (AvgIpc) is 2.75. The van der Waals surface area contributed by atoms with Crippen molar-refractivity contribution >= 4 is 17.6 Å². The van der Waals surface area contributed by atoms with E-state index in [1.165, 1.54) is 0 Å². The van der Waals surface area contributed by atoms with Crippen molar-refractivity contribution in [2.24, 2.45) is 5.41 Å². The number of nitrogens with zero attached hydrogens (tertiary/aromatic N) is 2. The van der Waals surface area contributed by atoms with Crippen molar-refractivity contribution in [1.82, 2.24) is 10.2 Å². The van der Waals surface area contributed by atoms with Crippen LogP contribution in [0.25, 0.3) is 0 Å². The molecule has 0 aliphatic carbocycles. The van der Waals surface area contributed by atoms with Gasteiger partial charge in [-0.1, -0.05) is 12.0 Å². The fourth-order valence-corrected chi connectivity index (χ4v) is 1.82. The third-order valence-electron chi connectivity index (χ3n) is 2.95. The highest BCUT2D eigenvalue weighted by Gasteiger charge is 2.27. The Morgan fingerprint density at radius 3 is 2.75 bits per heavy atom. The van der Waals surface area contributed by atoms with Gasteiger partial charge in [0.15, 0.2) is 0 Å². The first-order chi connectivity index (χ1) is 7.72. The van der Waals surface area contributed by atoms with E-state index in [4.69, 9.17) is 20.8 Å². The summed E-state index contributed by atoms with van der Waals surface area (Å²) in [5, 5.41) is 10.8. The standard InChI is InChI=1S/C10H16ClN3O2/c1-10(2-4-15-5-3-10)7-12-9-14-13-8(6-11)16-9/h2-7H2,1H3,(H,12,14). The van der Waals surface area contributed by atoms with Crippen LogP contribution in [0.4, 0.5) is 6.01 Å². The summed E-state index contributed by atoms with van der Waals surface area (Å²) in [7, 11) is 0. The normalized spacial score (nSPS) is 19.6. The summed E-state index contributed by atoms with van der Waals surface area (Å²) >= 11 is 5.58. The van der Waals surface area contributed by atoms with Crippen molar-refractivity contribution in [3.63, 3.8) is 0 Å². The second-order valence-electron chi connectivity index (χ2n) is 4.41. The molecule has 1 fully saturated rings. The molecule has 16 heavy (non-hydrogen) atoms. The van der Waals surface area contributed by atoms with Gasteiger partial charge in [0.25, 0.3) is 0 Å². The highest BCUT2D eigenvalue weighted by atomic mass is 35.5. The average molecular weight is 246 g/mol. The summed E-state index contributed by atoms with van der Waals surface area (Å²) in [6.45, 7) is 4.71. The molecule has 2 heterocycles. The van der Waals surface area contributed by atoms with Crippen LogP contribution >= 0.6 is 11.6 Å². The van der Waals surface area contributed by atoms with Gasteiger partial charge in [-0.05, 0) is 18.3 Å². The molecule has 1 saturated heterocycles. The molecule has 1 aromatic rings. The minimum Gasteiger partial charge on any atom is -0.407 e. The molecule has 0 aromatic carbocycles. The lowest BCUT2D eigenvalue weighted by Crippen LogP contribution is -2.33. The van der Waals surface area contributed by atoms with Gasteiger partial charge in [0.2, 0.25) is 5.89 Å². The SMILES string of the molecule is CC1(CNc2nnc(CCl)o2)CCOCC1. The Bertz CT molecular complexity index is 337. The topological polar surface area (TPSA) is 60.2 Å². The highest BCUT2D eigenvalue weighted by Crippen LogP contribution is 2.29. The number of rotatable bonds is 4. The Balaban J connectivity index is 1.86. The second kappa shape index (κ2) is 5.01. The summed E-state index contributed by atoms with van der Waals surface area (Å²) < 4.78 is 10.6. The first kappa shape index (κ1) is 11.7. The largest absolute Gasteiger partial charge is 0.407 e. The molecule has 1 aromatic heterocycles. The van der Waals surface area contributed by atoms with Crippen LogP contribution in [0.3, 0.4) is 0 Å². The van der Waals surface area contributed by atoms with Crippen LogP contribution in [0, 0.1) is 5.41 Å². The molecule has 0 radical (unpaired) electrons. The number of ether oxygens (including phenoxy) is 1. The summed E-state index contributed by atoms with van der Waals surface area (Å²) in [4.78, 5) is 0. The van der Waals surface area contributed by atoms with E-state index >= 15 is 0 Å². The maximum Gasteiger partial charge on any atom is 0.315 e. The summed E-state index contributed by atoms with van der Waals surface area (Å²) in [5.74, 6) is 0.695. The van der Waals surface area contributed by atoms with E-state index in [2.05, 4.69) is 22.4 Å². The van der Waals surface area contributed by atoms with Crippen LogP contribution in [0.2, 0.25) is 0 Å². The summed E-state index contributed by atoms with van der Waals surface area (Å²) in [6.07, 6.45) is 2.10. The van der Waals surface area contributed by atoms with Crippen molar-refractivity contribution in [2.45, 2.75) is 25.6 Å². The van der Waals surface area contributed by atoms with Gasteiger partial charge in [0.05, 0.1) is 0 Å². The third kappa shape index (κ3) is 2.86. The van der Waals surface area contributed by atoms with Gasteiger partial charge in [-0.2, -0.15) is 0 Å². The van der Waals surface area contributed by atoms with Crippen LogP contribution < -0.4 is 5.32 Å². The minimum absolute atomic E-state index is 0.244. The molecule has 5 nitrogen and oxygen atoms in total. The Labute approximate surface area is 99.5 Å². The predicted molar refractivity (Wildman–Crippen MR) is 60.5 cm³/mol. The maximum atomic E-state index is 5.58. The van der Waals surface area contributed by atoms with Crippen LogP contribution in [-0.4, -0.2) is 30.0 Å². The zero-order valence-electron chi connectivity index (χ0n) is 9.33. The molecule has 0 saturated carbocycles. The molecule has 0 spiro atoms. The zero-order valence-corrected chi connectivity index (χ0v) is 10.1. The lowest BCUT2D eigenvalue weighted by molar-refractivity contribution is 0.0298. The molecule has 0 amide bonds. The van der Waals surface area contributed by atoms with Gasteiger partial charge in [-0.15, -0.1) is 16.7 Å². The number of hydrogen-bond donors (Lipinski definition) is 1. The lowest BCUT2D eigenvalue weighted by Gasteiger charge is -2.33. The number of anilines is 1. The van der Waals surface area contributed by atoms with E-state index in [1.54, 1.807) is 0 Å². The predicted octanol–water partition coefficient (Wildman–Crippen LogP) is 2.04. The summed E-state index contributed by atoms with van der Waals surface area (Å²) in [5.41, 5.74) is 0.244.